The van der Waals surface area contributed by atoms with Crippen molar-refractivity contribution in [2.24, 2.45) is 0 Å². The molecule has 0 atom stereocenters. The third-order valence-electron chi connectivity index (χ3n) is 3.70. The van der Waals surface area contributed by atoms with Crippen molar-refractivity contribution >= 4 is 29.5 Å². The largest absolute Gasteiger partial charge is 0.366 e. The quantitative estimate of drug-likeness (QED) is 0.781. The fraction of sp³-hybridized carbons (Fsp3) is 0.222. The number of urea groups is 1. The highest BCUT2D eigenvalue weighted by Gasteiger charge is 2.07. The Balaban J connectivity index is 1.42. The maximum atomic E-state index is 11.8. The van der Waals surface area contributed by atoms with Gasteiger partial charge in [-0.3, -0.25) is 0 Å². The van der Waals surface area contributed by atoms with Crippen LogP contribution in [0.3, 0.4) is 0 Å². The number of fused-ring (bicyclic) bond motifs is 1. The number of carbonyl (C=O) groups is 1. The van der Waals surface area contributed by atoms with Crippen molar-refractivity contribution in [3.63, 3.8) is 0 Å². The van der Waals surface area contributed by atoms with Crippen molar-refractivity contribution in [1.29, 1.82) is 0 Å². The Hall–Kier alpha value is -2.53. The highest BCUT2D eigenvalue weighted by molar-refractivity contribution is 6.30. The summed E-state index contributed by atoms with van der Waals surface area (Å²) in [6.45, 7) is 1.80. The van der Waals surface area contributed by atoms with E-state index in [0.717, 1.165) is 29.2 Å². The summed E-state index contributed by atoms with van der Waals surface area (Å²) < 4.78 is 0. The van der Waals surface area contributed by atoms with Crippen LogP contribution in [-0.4, -0.2) is 24.1 Å². The molecule has 1 aliphatic rings. The van der Waals surface area contributed by atoms with Crippen molar-refractivity contribution in [2.75, 3.05) is 18.4 Å². The summed E-state index contributed by atoms with van der Waals surface area (Å²) in [6.07, 6.45) is 4.81. The van der Waals surface area contributed by atoms with Gasteiger partial charge < -0.3 is 16.0 Å². The maximum absolute atomic E-state index is 11.8. The first-order valence-electron chi connectivity index (χ1n) is 7.87. The van der Waals surface area contributed by atoms with Gasteiger partial charge in [0.05, 0.1) is 0 Å². The van der Waals surface area contributed by atoms with E-state index in [2.05, 4.69) is 33.1 Å². The van der Waals surface area contributed by atoms with Crippen LogP contribution in [0.25, 0.3) is 6.08 Å². The molecule has 1 aromatic carbocycles. The summed E-state index contributed by atoms with van der Waals surface area (Å²) in [5.41, 5.74) is 3.05. The first-order valence-corrected chi connectivity index (χ1v) is 8.25. The molecule has 0 fully saturated rings. The second kappa shape index (κ2) is 7.84. The lowest BCUT2D eigenvalue weighted by molar-refractivity contribution is 0.240. The molecule has 0 unspecified atom stereocenters. The summed E-state index contributed by atoms with van der Waals surface area (Å²) in [5.74, 6) is 0.905. The number of hydrogen-bond acceptors (Lipinski definition) is 3. The number of rotatable bonds is 5. The number of halogens is 1. The summed E-state index contributed by atoms with van der Waals surface area (Å²) in [5, 5.41) is 9.59. The topological polar surface area (TPSA) is 66.0 Å². The van der Waals surface area contributed by atoms with Crippen LogP contribution < -0.4 is 16.0 Å². The summed E-state index contributed by atoms with van der Waals surface area (Å²) >= 11 is 5.83. The van der Waals surface area contributed by atoms with E-state index in [0.29, 0.717) is 24.5 Å². The minimum atomic E-state index is -0.191. The van der Waals surface area contributed by atoms with Gasteiger partial charge in [-0.1, -0.05) is 35.9 Å². The predicted octanol–water partition coefficient (Wildman–Crippen LogP) is 3.22. The molecule has 5 nitrogen and oxygen atoms in total. The van der Waals surface area contributed by atoms with Crippen molar-refractivity contribution in [2.45, 2.75) is 13.0 Å². The van der Waals surface area contributed by atoms with Crippen LogP contribution in [0.4, 0.5) is 10.6 Å². The van der Waals surface area contributed by atoms with Crippen LogP contribution in [0.1, 0.15) is 16.8 Å². The smallest absolute Gasteiger partial charge is 0.315 e. The van der Waals surface area contributed by atoms with E-state index in [-0.39, 0.29) is 6.03 Å². The zero-order valence-corrected chi connectivity index (χ0v) is 13.9. The molecule has 2 heterocycles. The maximum Gasteiger partial charge on any atom is 0.315 e. The molecule has 2 amide bonds. The molecule has 3 rings (SSSR count). The van der Waals surface area contributed by atoms with Crippen molar-refractivity contribution in [3.8, 4) is 0 Å². The van der Waals surface area contributed by atoms with Crippen LogP contribution in [-0.2, 0) is 13.0 Å². The number of hydrogen-bond donors (Lipinski definition) is 3. The number of aromatic nitrogens is 1. The van der Waals surface area contributed by atoms with E-state index < -0.39 is 0 Å². The monoisotopic (exact) mass is 342 g/mol. The Kier molecular flexibility index (Phi) is 5.33. The van der Waals surface area contributed by atoms with E-state index >= 15 is 0 Å². The van der Waals surface area contributed by atoms with Crippen LogP contribution in [0, 0.1) is 0 Å². The number of anilines is 1. The van der Waals surface area contributed by atoms with E-state index in [1.165, 1.54) is 0 Å². The first-order chi connectivity index (χ1) is 11.7. The number of nitrogens with one attached hydrogen (secondary N) is 3. The Labute approximate surface area is 146 Å². The van der Waals surface area contributed by atoms with Crippen LogP contribution in [0.2, 0.25) is 5.02 Å². The number of pyridine rings is 1. The first kappa shape index (κ1) is 16.3. The molecule has 3 N–H and O–H groups in total. The number of amides is 2. The van der Waals surface area contributed by atoms with E-state index in [1.54, 1.807) is 0 Å². The highest BCUT2D eigenvalue weighted by atomic mass is 35.5. The third-order valence-corrected chi connectivity index (χ3v) is 3.95. The molecule has 1 aliphatic heterocycles. The van der Waals surface area contributed by atoms with Crippen LogP contribution >= 0.6 is 11.6 Å². The molecule has 0 bridgehead atoms. The fourth-order valence-corrected chi connectivity index (χ4v) is 2.54. The molecule has 0 aliphatic carbocycles. The van der Waals surface area contributed by atoms with Gasteiger partial charge in [0.1, 0.15) is 5.82 Å². The Morgan fingerprint density at radius 3 is 2.83 bits per heavy atom. The predicted molar refractivity (Wildman–Crippen MR) is 97.2 cm³/mol. The van der Waals surface area contributed by atoms with Gasteiger partial charge in [-0.15, -0.1) is 0 Å². The lowest BCUT2D eigenvalue weighted by Crippen LogP contribution is -2.36. The molecule has 0 saturated heterocycles. The second-order valence-electron chi connectivity index (χ2n) is 5.51. The Bertz CT molecular complexity index is 743. The normalized spacial score (nSPS) is 12.2. The molecule has 124 valence electrons. The number of benzene rings is 1. The van der Waals surface area contributed by atoms with Crippen LogP contribution in [0.15, 0.2) is 42.5 Å². The molecular formula is C18H19ClN4O. The molecule has 6 heteroatoms. The van der Waals surface area contributed by atoms with Gasteiger partial charge in [0.15, 0.2) is 0 Å². The van der Waals surface area contributed by atoms with E-state index in [4.69, 9.17) is 11.6 Å². The fourth-order valence-electron chi connectivity index (χ4n) is 2.42. The number of carbonyl (C=O) groups excluding carboxylic acids is 1. The van der Waals surface area contributed by atoms with Gasteiger partial charge in [0, 0.05) is 42.3 Å². The lowest BCUT2D eigenvalue weighted by Gasteiger charge is -2.13. The summed E-state index contributed by atoms with van der Waals surface area (Å²) in [6, 6.07) is 11.2. The number of nitrogens with zero attached hydrogens (tertiary/aromatic N) is 1. The molecule has 0 saturated carbocycles. The summed E-state index contributed by atoms with van der Waals surface area (Å²) in [4.78, 5) is 16.4. The highest BCUT2D eigenvalue weighted by Crippen LogP contribution is 2.18. The van der Waals surface area contributed by atoms with Gasteiger partial charge >= 0.3 is 6.03 Å². The Morgan fingerprint density at radius 1 is 1.17 bits per heavy atom. The second-order valence-corrected chi connectivity index (χ2v) is 5.95. The van der Waals surface area contributed by atoms with Crippen molar-refractivity contribution in [1.82, 2.24) is 15.6 Å². The molecule has 24 heavy (non-hydrogen) atoms. The van der Waals surface area contributed by atoms with E-state index in [1.807, 2.05) is 36.4 Å². The molecule has 0 spiro atoms. The zero-order valence-electron chi connectivity index (χ0n) is 13.2. The molecule has 2 aromatic rings. The van der Waals surface area contributed by atoms with Gasteiger partial charge in [-0.05, 0) is 29.8 Å². The standard InChI is InChI=1S/C18H19ClN4O/c19-15-6-3-13(4-7-15)12-22-18(24)21-11-9-16-8-5-14-2-1-10-20-17(14)23-16/h1-8H,9-12H2,(H,20,23)(H2,21,22,24). The summed E-state index contributed by atoms with van der Waals surface area (Å²) in [7, 11) is 0. The van der Waals surface area contributed by atoms with Gasteiger partial charge in [-0.25, -0.2) is 9.78 Å². The average molecular weight is 343 g/mol. The Morgan fingerprint density at radius 2 is 2.00 bits per heavy atom. The van der Waals surface area contributed by atoms with Gasteiger partial charge in [0.25, 0.3) is 0 Å². The molecule has 1 aromatic heterocycles. The lowest BCUT2D eigenvalue weighted by atomic mass is 10.1. The van der Waals surface area contributed by atoms with Crippen molar-refractivity contribution < 1.29 is 4.79 Å². The van der Waals surface area contributed by atoms with Gasteiger partial charge in [-0.2, -0.15) is 0 Å². The third kappa shape index (κ3) is 4.49. The molecule has 0 radical (unpaired) electrons. The molecular weight excluding hydrogens is 324 g/mol. The zero-order chi connectivity index (χ0) is 16.8. The van der Waals surface area contributed by atoms with Crippen LogP contribution in [0.5, 0.6) is 0 Å². The SMILES string of the molecule is O=C(NCCc1ccc2c(n1)NCC=C2)NCc1ccc(Cl)cc1. The van der Waals surface area contributed by atoms with E-state index in [9.17, 15) is 4.79 Å². The van der Waals surface area contributed by atoms with Gasteiger partial charge in [0.2, 0.25) is 0 Å². The minimum absolute atomic E-state index is 0.191. The van der Waals surface area contributed by atoms with Crippen molar-refractivity contribution in [3.05, 3.63) is 64.3 Å². The average Bonchev–Trinajstić information content (AvgIpc) is 2.61. The minimum Gasteiger partial charge on any atom is -0.366 e.